The second-order valence-electron chi connectivity index (χ2n) is 4.98. The Bertz CT molecular complexity index is 582. The van der Waals surface area contributed by atoms with E-state index in [1.165, 1.54) is 0 Å². The molecule has 1 amide bonds. The minimum atomic E-state index is -0.107. The summed E-state index contributed by atoms with van der Waals surface area (Å²) < 4.78 is 5.60. The summed E-state index contributed by atoms with van der Waals surface area (Å²) in [5.41, 5.74) is 2.45. The van der Waals surface area contributed by atoms with Gasteiger partial charge in [-0.1, -0.05) is 32.0 Å². The van der Waals surface area contributed by atoms with E-state index < -0.39 is 0 Å². The first-order valence-electron chi connectivity index (χ1n) is 6.47. The number of hydrogen-bond acceptors (Lipinski definition) is 2. The van der Waals surface area contributed by atoms with Gasteiger partial charge in [-0.25, -0.2) is 0 Å². The third-order valence-electron chi connectivity index (χ3n) is 3.14. The van der Waals surface area contributed by atoms with Crippen molar-refractivity contribution in [2.75, 3.05) is 5.32 Å². The lowest BCUT2D eigenvalue weighted by Gasteiger charge is -2.09. The Labute approximate surface area is 113 Å². The van der Waals surface area contributed by atoms with Crippen molar-refractivity contribution in [3.8, 4) is 0 Å². The Morgan fingerprint density at radius 1 is 1.11 bits per heavy atom. The molecule has 3 heteroatoms. The molecule has 2 aromatic rings. The van der Waals surface area contributed by atoms with Crippen LogP contribution in [0.4, 0.5) is 5.69 Å². The number of benzene rings is 1. The summed E-state index contributed by atoms with van der Waals surface area (Å²) in [6.45, 7) is 7.87. The van der Waals surface area contributed by atoms with Crippen molar-refractivity contribution in [2.45, 2.75) is 33.6 Å². The van der Waals surface area contributed by atoms with Gasteiger partial charge in [0.2, 0.25) is 0 Å². The molecular formula is C16H19NO2. The Morgan fingerprint density at radius 2 is 1.74 bits per heavy atom. The molecule has 1 aromatic heterocycles. The lowest BCUT2D eigenvalue weighted by molar-refractivity contribution is 0.102. The van der Waals surface area contributed by atoms with Crippen LogP contribution < -0.4 is 5.32 Å². The van der Waals surface area contributed by atoms with Gasteiger partial charge in [-0.2, -0.15) is 0 Å². The maximum absolute atomic E-state index is 12.4. The largest absolute Gasteiger partial charge is 0.466 e. The molecule has 0 atom stereocenters. The van der Waals surface area contributed by atoms with Crippen LogP contribution in [0.1, 0.15) is 47.2 Å². The molecule has 0 radical (unpaired) electrons. The van der Waals surface area contributed by atoms with Gasteiger partial charge in [0.25, 0.3) is 5.91 Å². The van der Waals surface area contributed by atoms with Crippen LogP contribution in [-0.2, 0) is 0 Å². The number of anilines is 1. The molecule has 0 unspecified atom stereocenters. The molecule has 1 heterocycles. The standard InChI is InChI=1S/C16H19NO2/c1-10(2)14-11(3)19-12(4)15(14)16(18)17-13-8-6-5-7-9-13/h5-10H,1-4H3,(H,17,18). The van der Waals surface area contributed by atoms with E-state index in [9.17, 15) is 4.79 Å². The van der Waals surface area contributed by atoms with Gasteiger partial charge in [0.05, 0.1) is 5.56 Å². The molecule has 2 rings (SSSR count). The van der Waals surface area contributed by atoms with E-state index in [1.807, 2.05) is 44.2 Å². The average molecular weight is 257 g/mol. The normalized spacial score (nSPS) is 10.8. The van der Waals surface area contributed by atoms with Crippen molar-refractivity contribution in [1.29, 1.82) is 0 Å². The highest BCUT2D eigenvalue weighted by Crippen LogP contribution is 2.29. The number of carbonyl (C=O) groups excluding carboxylic acids is 1. The second-order valence-corrected chi connectivity index (χ2v) is 4.98. The minimum Gasteiger partial charge on any atom is -0.466 e. The van der Waals surface area contributed by atoms with E-state index in [2.05, 4.69) is 19.2 Å². The fraction of sp³-hybridized carbons (Fsp3) is 0.312. The fourth-order valence-electron chi connectivity index (χ4n) is 2.39. The maximum atomic E-state index is 12.4. The minimum absolute atomic E-state index is 0.107. The molecule has 0 aliphatic carbocycles. The van der Waals surface area contributed by atoms with Crippen LogP contribution in [0.5, 0.6) is 0 Å². The molecule has 1 aromatic carbocycles. The Kier molecular flexibility index (Phi) is 3.74. The Morgan fingerprint density at radius 3 is 2.32 bits per heavy atom. The highest BCUT2D eigenvalue weighted by molar-refractivity contribution is 6.06. The number of hydrogen-bond donors (Lipinski definition) is 1. The van der Waals surface area contributed by atoms with Gasteiger partial charge in [0.15, 0.2) is 0 Å². The smallest absolute Gasteiger partial charge is 0.259 e. The Balaban J connectivity index is 2.34. The zero-order valence-corrected chi connectivity index (χ0v) is 11.8. The summed E-state index contributed by atoms with van der Waals surface area (Å²) in [7, 11) is 0. The number of furan rings is 1. The summed E-state index contributed by atoms with van der Waals surface area (Å²) in [4.78, 5) is 12.4. The van der Waals surface area contributed by atoms with E-state index in [0.717, 1.165) is 17.0 Å². The van der Waals surface area contributed by atoms with Crippen molar-refractivity contribution in [3.63, 3.8) is 0 Å². The van der Waals surface area contributed by atoms with E-state index in [4.69, 9.17) is 4.42 Å². The molecule has 100 valence electrons. The van der Waals surface area contributed by atoms with Crippen LogP contribution in [0.3, 0.4) is 0 Å². The number of nitrogens with one attached hydrogen (secondary N) is 1. The molecule has 1 N–H and O–H groups in total. The van der Waals surface area contributed by atoms with E-state index in [0.29, 0.717) is 11.3 Å². The first-order chi connectivity index (χ1) is 9.00. The van der Waals surface area contributed by atoms with Gasteiger partial charge in [-0.15, -0.1) is 0 Å². The number of para-hydroxylation sites is 1. The third kappa shape index (κ3) is 2.70. The van der Waals surface area contributed by atoms with Gasteiger partial charge in [0.1, 0.15) is 11.5 Å². The third-order valence-corrected chi connectivity index (χ3v) is 3.14. The summed E-state index contributed by atoms with van der Waals surface area (Å²) in [6.07, 6.45) is 0. The first-order valence-corrected chi connectivity index (χ1v) is 6.47. The summed E-state index contributed by atoms with van der Waals surface area (Å²) in [5.74, 6) is 1.65. The molecule has 19 heavy (non-hydrogen) atoms. The number of aryl methyl sites for hydroxylation is 2. The highest BCUT2D eigenvalue weighted by atomic mass is 16.3. The van der Waals surface area contributed by atoms with Gasteiger partial charge >= 0.3 is 0 Å². The monoisotopic (exact) mass is 257 g/mol. The Hall–Kier alpha value is -2.03. The average Bonchev–Trinajstić information content (AvgIpc) is 2.65. The number of amides is 1. The van der Waals surface area contributed by atoms with E-state index >= 15 is 0 Å². The van der Waals surface area contributed by atoms with Crippen LogP contribution in [0.15, 0.2) is 34.7 Å². The number of carbonyl (C=O) groups is 1. The molecule has 3 nitrogen and oxygen atoms in total. The topological polar surface area (TPSA) is 42.2 Å². The lowest BCUT2D eigenvalue weighted by atomic mass is 9.97. The summed E-state index contributed by atoms with van der Waals surface area (Å²) in [5, 5.41) is 2.91. The molecule has 0 spiro atoms. The van der Waals surface area contributed by atoms with Crippen molar-refractivity contribution in [2.24, 2.45) is 0 Å². The van der Waals surface area contributed by atoms with Crippen molar-refractivity contribution in [3.05, 3.63) is 53.0 Å². The second kappa shape index (κ2) is 5.31. The van der Waals surface area contributed by atoms with Crippen LogP contribution in [0, 0.1) is 13.8 Å². The molecular weight excluding hydrogens is 238 g/mol. The van der Waals surface area contributed by atoms with Crippen LogP contribution in [0.2, 0.25) is 0 Å². The molecule has 0 bridgehead atoms. The SMILES string of the molecule is Cc1oc(C)c(C(C)C)c1C(=O)Nc1ccccc1. The van der Waals surface area contributed by atoms with Crippen molar-refractivity contribution < 1.29 is 9.21 Å². The summed E-state index contributed by atoms with van der Waals surface area (Å²) in [6, 6.07) is 9.45. The van der Waals surface area contributed by atoms with E-state index in [1.54, 1.807) is 0 Å². The first kappa shape index (κ1) is 13.4. The molecule has 0 aliphatic rings. The quantitative estimate of drug-likeness (QED) is 0.892. The lowest BCUT2D eigenvalue weighted by Crippen LogP contribution is -2.14. The van der Waals surface area contributed by atoms with Crippen LogP contribution >= 0.6 is 0 Å². The van der Waals surface area contributed by atoms with Gasteiger partial charge < -0.3 is 9.73 Å². The molecule has 0 aliphatic heterocycles. The molecule has 0 saturated heterocycles. The van der Waals surface area contributed by atoms with E-state index in [-0.39, 0.29) is 11.8 Å². The predicted molar refractivity (Wildman–Crippen MR) is 76.7 cm³/mol. The van der Waals surface area contributed by atoms with Gasteiger partial charge in [-0.3, -0.25) is 4.79 Å². The summed E-state index contributed by atoms with van der Waals surface area (Å²) >= 11 is 0. The zero-order valence-electron chi connectivity index (χ0n) is 11.8. The van der Waals surface area contributed by atoms with Gasteiger partial charge in [0, 0.05) is 11.3 Å². The maximum Gasteiger partial charge on any atom is 0.259 e. The predicted octanol–water partition coefficient (Wildman–Crippen LogP) is 4.27. The highest BCUT2D eigenvalue weighted by Gasteiger charge is 2.23. The van der Waals surface area contributed by atoms with Crippen LogP contribution in [-0.4, -0.2) is 5.91 Å². The van der Waals surface area contributed by atoms with Crippen LogP contribution in [0.25, 0.3) is 0 Å². The van der Waals surface area contributed by atoms with Crippen molar-refractivity contribution >= 4 is 11.6 Å². The van der Waals surface area contributed by atoms with Gasteiger partial charge in [-0.05, 0) is 31.9 Å². The molecule has 0 saturated carbocycles. The molecule has 0 fully saturated rings. The van der Waals surface area contributed by atoms with Crippen molar-refractivity contribution in [1.82, 2.24) is 0 Å². The fourth-order valence-corrected chi connectivity index (χ4v) is 2.39. The zero-order chi connectivity index (χ0) is 14.0. The number of rotatable bonds is 3.